The number of anilines is 1. The van der Waals surface area contributed by atoms with Crippen LogP contribution in [0.1, 0.15) is 23.1 Å². The molecule has 36 heavy (non-hydrogen) atoms. The molecule has 1 unspecified atom stereocenters. The summed E-state index contributed by atoms with van der Waals surface area (Å²) in [6.07, 6.45) is 1.67. The van der Waals surface area contributed by atoms with Crippen molar-refractivity contribution < 1.29 is 14.3 Å². The molecular formula is C31H29FN2O2. The molecule has 4 nitrogen and oxygen atoms in total. The van der Waals surface area contributed by atoms with Crippen molar-refractivity contribution in [2.24, 2.45) is 0 Å². The first-order valence-corrected chi connectivity index (χ1v) is 12.3. The lowest BCUT2D eigenvalue weighted by Crippen LogP contribution is -2.48. The number of fused-ring (bicyclic) bond motifs is 1. The molecule has 4 aromatic carbocycles. The van der Waals surface area contributed by atoms with Crippen molar-refractivity contribution in [1.82, 2.24) is 5.32 Å². The van der Waals surface area contributed by atoms with Gasteiger partial charge in [-0.2, -0.15) is 0 Å². The van der Waals surface area contributed by atoms with Gasteiger partial charge in [-0.15, -0.1) is 0 Å². The molecule has 1 amide bonds. The van der Waals surface area contributed by atoms with E-state index in [4.69, 9.17) is 0 Å². The third-order valence-electron chi connectivity index (χ3n) is 6.64. The van der Waals surface area contributed by atoms with E-state index in [-0.39, 0.29) is 23.5 Å². The van der Waals surface area contributed by atoms with E-state index in [9.17, 15) is 14.3 Å². The number of nitrogens with one attached hydrogen (secondary N) is 1. The van der Waals surface area contributed by atoms with Crippen LogP contribution in [-0.4, -0.2) is 23.6 Å². The number of hydrogen-bond acceptors (Lipinski definition) is 3. The molecule has 2 N–H and O–H groups in total. The summed E-state index contributed by atoms with van der Waals surface area (Å²) in [5.74, 6) is -0.0364. The van der Waals surface area contributed by atoms with Gasteiger partial charge >= 0.3 is 0 Å². The molecule has 4 aromatic rings. The number of amides is 1. The highest BCUT2D eigenvalue weighted by atomic mass is 19.1. The summed E-state index contributed by atoms with van der Waals surface area (Å²) < 4.78 is 13.4. The van der Waals surface area contributed by atoms with Gasteiger partial charge in [0.25, 0.3) is 0 Å². The zero-order valence-corrected chi connectivity index (χ0v) is 20.0. The first kappa shape index (κ1) is 23.6. The molecule has 0 aromatic heterocycles. The molecule has 0 aliphatic carbocycles. The molecule has 0 fully saturated rings. The Morgan fingerprint density at radius 2 is 1.64 bits per heavy atom. The summed E-state index contributed by atoms with van der Waals surface area (Å²) in [6.45, 7) is 1.47. The third-order valence-corrected chi connectivity index (χ3v) is 6.64. The molecule has 0 spiro atoms. The lowest BCUT2D eigenvalue weighted by atomic mass is 9.93. The van der Waals surface area contributed by atoms with Crippen LogP contribution in [0.2, 0.25) is 0 Å². The molecule has 0 saturated carbocycles. The first-order valence-electron chi connectivity index (χ1n) is 12.3. The number of aromatic hydroxyl groups is 1. The molecule has 1 aliphatic rings. The van der Waals surface area contributed by atoms with Crippen LogP contribution >= 0.6 is 0 Å². The predicted molar refractivity (Wildman–Crippen MR) is 141 cm³/mol. The van der Waals surface area contributed by atoms with Crippen molar-refractivity contribution in [2.45, 2.75) is 31.8 Å². The van der Waals surface area contributed by atoms with Crippen LogP contribution in [0.3, 0.4) is 0 Å². The minimum Gasteiger partial charge on any atom is -0.508 e. The first-order chi connectivity index (χ1) is 17.5. The monoisotopic (exact) mass is 480 g/mol. The second kappa shape index (κ2) is 10.6. The van der Waals surface area contributed by atoms with E-state index in [2.05, 4.69) is 40.5 Å². The Hall–Kier alpha value is -4.12. The Balaban J connectivity index is 1.35. The summed E-state index contributed by atoms with van der Waals surface area (Å²) in [4.78, 5) is 15.2. The number of nitrogens with zero attached hydrogens (tertiary/aromatic N) is 1. The lowest BCUT2D eigenvalue weighted by Gasteiger charge is -2.37. The maximum atomic E-state index is 13.4. The van der Waals surface area contributed by atoms with Crippen molar-refractivity contribution in [1.29, 1.82) is 0 Å². The van der Waals surface area contributed by atoms with Crippen LogP contribution in [-0.2, 0) is 24.2 Å². The summed E-state index contributed by atoms with van der Waals surface area (Å²) in [7, 11) is 0. The number of carbonyl (C=O) groups excluding carboxylic acids is 1. The SMILES string of the molecule is O=C(CCc1cccc(O)c1)NC1Cc2cc(-c3ccc(F)cc3)ccc2N(Cc2ccccc2)C1. The molecule has 0 saturated heterocycles. The van der Waals surface area contributed by atoms with E-state index >= 15 is 0 Å². The third kappa shape index (κ3) is 5.74. The van der Waals surface area contributed by atoms with Crippen molar-refractivity contribution >= 4 is 11.6 Å². The molecule has 0 bridgehead atoms. The average Bonchev–Trinajstić information content (AvgIpc) is 2.88. The van der Waals surface area contributed by atoms with Gasteiger partial charge in [-0.3, -0.25) is 4.79 Å². The Morgan fingerprint density at radius 1 is 0.889 bits per heavy atom. The van der Waals surface area contributed by atoms with Crippen LogP contribution in [0.15, 0.2) is 97.1 Å². The van der Waals surface area contributed by atoms with Gasteiger partial charge in [0.05, 0.1) is 6.04 Å². The summed E-state index contributed by atoms with van der Waals surface area (Å²) in [6, 6.07) is 30.3. The fourth-order valence-corrected chi connectivity index (χ4v) is 4.89. The van der Waals surface area contributed by atoms with Gasteiger partial charge in [0, 0.05) is 25.2 Å². The van der Waals surface area contributed by atoms with Gasteiger partial charge < -0.3 is 15.3 Å². The quantitative estimate of drug-likeness (QED) is 0.347. The van der Waals surface area contributed by atoms with Gasteiger partial charge in [-0.1, -0.05) is 60.7 Å². The number of hydrogen-bond donors (Lipinski definition) is 2. The Labute approximate surface area is 211 Å². The maximum absolute atomic E-state index is 13.4. The van der Waals surface area contributed by atoms with Gasteiger partial charge in [0.15, 0.2) is 0 Å². The fraction of sp³-hybridized carbons (Fsp3) is 0.194. The van der Waals surface area contributed by atoms with Crippen molar-refractivity contribution in [3.8, 4) is 16.9 Å². The largest absolute Gasteiger partial charge is 0.508 e. The smallest absolute Gasteiger partial charge is 0.220 e. The van der Waals surface area contributed by atoms with Crippen LogP contribution in [0, 0.1) is 5.82 Å². The zero-order chi connectivity index (χ0) is 24.9. The number of carbonyl (C=O) groups is 1. The van der Waals surface area contributed by atoms with Crippen LogP contribution in [0.5, 0.6) is 5.75 Å². The Kier molecular flexibility index (Phi) is 6.99. The van der Waals surface area contributed by atoms with E-state index < -0.39 is 0 Å². The van der Waals surface area contributed by atoms with Gasteiger partial charge in [-0.25, -0.2) is 4.39 Å². The second-order valence-electron chi connectivity index (χ2n) is 9.35. The zero-order valence-electron chi connectivity index (χ0n) is 20.0. The number of phenolic OH excluding ortho intramolecular Hbond substituents is 1. The van der Waals surface area contributed by atoms with E-state index in [1.165, 1.54) is 17.7 Å². The molecule has 0 radical (unpaired) electrons. The van der Waals surface area contributed by atoms with E-state index in [0.29, 0.717) is 12.8 Å². The number of benzene rings is 4. The topological polar surface area (TPSA) is 52.6 Å². The highest BCUT2D eigenvalue weighted by Gasteiger charge is 2.26. The minimum absolute atomic E-state index is 0.00106. The highest BCUT2D eigenvalue weighted by Crippen LogP contribution is 2.33. The van der Waals surface area contributed by atoms with E-state index in [1.807, 2.05) is 24.3 Å². The van der Waals surface area contributed by atoms with Crippen LogP contribution in [0.4, 0.5) is 10.1 Å². The Morgan fingerprint density at radius 3 is 2.42 bits per heavy atom. The van der Waals surface area contributed by atoms with Crippen molar-refractivity contribution in [3.05, 3.63) is 120 Å². The van der Waals surface area contributed by atoms with Crippen LogP contribution < -0.4 is 10.2 Å². The number of phenols is 1. The molecule has 5 rings (SSSR count). The van der Waals surface area contributed by atoms with Crippen molar-refractivity contribution in [3.63, 3.8) is 0 Å². The van der Waals surface area contributed by atoms with Gasteiger partial charge in [0.2, 0.25) is 5.91 Å². The molecular weight excluding hydrogens is 451 g/mol. The minimum atomic E-state index is -0.251. The second-order valence-corrected chi connectivity index (χ2v) is 9.35. The number of aryl methyl sites for hydroxylation is 1. The normalized spacial score (nSPS) is 14.8. The Bertz CT molecular complexity index is 1340. The fourth-order valence-electron chi connectivity index (χ4n) is 4.89. The van der Waals surface area contributed by atoms with Crippen LogP contribution in [0.25, 0.3) is 11.1 Å². The highest BCUT2D eigenvalue weighted by molar-refractivity contribution is 5.77. The molecule has 182 valence electrons. The maximum Gasteiger partial charge on any atom is 0.220 e. The molecule has 1 heterocycles. The molecule has 1 atom stereocenters. The van der Waals surface area contributed by atoms with E-state index in [0.717, 1.165) is 47.5 Å². The standard InChI is InChI=1S/C31H29FN2O2/c32-27-13-10-24(11-14-27)25-12-15-30-26(18-25)19-28(21-34(30)20-23-5-2-1-3-6-23)33-31(36)16-9-22-7-4-8-29(35)17-22/h1-8,10-15,17-18,28,35H,9,16,19-21H2,(H,33,36). The number of rotatable bonds is 7. The van der Waals surface area contributed by atoms with Gasteiger partial charge in [0.1, 0.15) is 11.6 Å². The van der Waals surface area contributed by atoms with E-state index in [1.54, 1.807) is 30.3 Å². The summed E-state index contributed by atoms with van der Waals surface area (Å²) in [5.41, 5.74) is 6.47. The lowest BCUT2D eigenvalue weighted by molar-refractivity contribution is -0.121. The predicted octanol–water partition coefficient (Wildman–Crippen LogP) is 5.88. The molecule has 5 heteroatoms. The van der Waals surface area contributed by atoms with Gasteiger partial charge in [-0.05, 0) is 77.1 Å². The number of halogens is 1. The summed E-state index contributed by atoms with van der Waals surface area (Å²) in [5, 5.41) is 12.9. The molecule has 1 aliphatic heterocycles. The summed E-state index contributed by atoms with van der Waals surface area (Å²) >= 11 is 0. The van der Waals surface area contributed by atoms with Crippen molar-refractivity contribution in [2.75, 3.05) is 11.4 Å². The average molecular weight is 481 g/mol.